The summed E-state index contributed by atoms with van der Waals surface area (Å²) >= 11 is 0. The smallest absolute Gasteiger partial charge is 0.121 e. The standard InChI is InChI=1S/C27H48O2/c1-2-3-4-5-6-7-8-9-10-11-12-13-14-15-16-17-18-19-21-25-22-20-23-27(29)26(25)24-28/h20,22-23,28-29H,2-19,21,24H2,1H3. The highest BCUT2D eigenvalue weighted by Crippen LogP contribution is 2.23. The zero-order valence-corrected chi connectivity index (χ0v) is 19.3. The number of phenols is 1. The summed E-state index contributed by atoms with van der Waals surface area (Å²) < 4.78 is 0. The molecule has 0 aliphatic carbocycles. The Kier molecular flexibility index (Phi) is 17.0. The molecule has 168 valence electrons. The Morgan fingerprint density at radius 1 is 0.586 bits per heavy atom. The largest absolute Gasteiger partial charge is 0.508 e. The Morgan fingerprint density at radius 3 is 1.41 bits per heavy atom. The summed E-state index contributed by atoms with van der Waals surface area (Å²) in [5.74, 6) is 0.229. The molecule has 0 aliphatic rings. The monoisotopic (exact) mass is 404 g/mol. The zero-order chi connectivity index (χ0) is 21.0. The summed E-state index contributed by atoms with van der Waals surface area (Å²) in [5.41, 5.74) is 1.81. The van der Waals surface area contributed by atoms with Crippen molar-refractivity contribution in [3.05, 3.63) is 29.3 Å². The maximum absolute atomic E-state index is 9.78. The molecule has 0 bridgehead atoms. The second-order valence-electron chi connectivity index (χ2n) is 8.83. The first kappa shape index (κ1) is 26.0. The van der Waals surface area contributed by atoms with Crippen LogP contribution < -0.4 is 0 Å². The molecule has 0 spiro atoms. The average Bonchev–Trinajstić information content (AvgIpc) is 2.73. The van der Waals surface area contributed by atoms with E-state index >= 15 is 0 Å². The molecule has 1 aromatic carbocycles. The van der Waals surface area contributed by atoms with Gasteiger partial charge in [-0.3, -0.25) is 0 Å². The van der Waals surface area contributed by atoms with Crippen LogP contribution in [0.2, 0.25) is 0 Å². The minimum atomic E-state index is -0.0684. The number of hydrogen-bond acceptors (Lipinski definition) is 2. The van der Waals surface area contributed by atoms with E-state index in [9.17, 15) is 10.2 Å². The maximum Gasteiger partial charge on any atom is 0.121 e. The third kappa shape index (κ3) is 13.8. The van der Waals surface area contributed by atoms with Crippen LogP contribution in [0.1, 0.15) is 134 Å². The molecule has 0 aromatic heterocycles. The van der Waals surface area contributed by atoms with Gasteiger partial charge in [-0.15, -0.1) is 0 Å². The molecule has 2 N–H and O–H groups in total. The van der Waals surface area contributed by atoms with E-state index in [1.807, 2.05) is 12.1 Å². The number of hydrogen-bond donors (Lipinski definition) is 2. The summed E-state index contributed by atoms with van der Waals surface area (Å²) in [4.78, 5) is 0. The van der Waals surface area contributed by atoms with E-state index < -0.39 is 0 Å². The Morgan fingerprint density at radius 2 is 1.00 bits per heavy atom. The van der Waals surface area contributed by atoms with Crippen LogP contribution in [0.5, 0.6) is 5.75 Å². The molecule has 0 fully saturated rings. The summed E-state index contributed by atoms with van der Waals surface area (Å²) in [6, 6.07) is 5.56. The zero-order valence-electron chi connectivity index (χ0n) is 19.3. The van der Waals surface area contributed by atoms with Crippen molar-refractivity contribution >= 4 is 0 Å². The van der Waals surface area contributed by atoms with Crippen LogP contribution in [0.3, 0.4) is 0 Å². The normalized spacial score (nSPS) is 11.2. The second-order valence-corrected chi connectivity index (χ2v) is 8.83. The molecule has 0 atom stereocenters. The third-order valence-electron chi connectivity index (χ3n) is 6.21. The fraction of sp³-hybridized carbons (Fsp3) is 0.778. The predicted octanol–water partition coefficient (Wildman–Crippen LogP) is 8.47. The summed E-state index contributed by atoms with van der Waals surface area (Å²) in [6.07, 6.45) is 26.0. The number of unbranched alkanes of at least 4 members (excludes halogenated alkanes) is 17. The van der Waals surface area contributed by atoms with Gasteiger partial charge in [0, 0.05) is 5.56 Å². The SMILES string of the molecule is CCCCCCCCCCCCCCCCCCCCc1cccc(O)c1CO. The molecular weight excluding hydrogens is 356 g/mol. The molecule has 0 radical (unpaired) electrons. The topological polar surface area (TPSA) is 40.5 Å². The van der Waals surface area contributed by atoms with Crippen LogP contribution in [-0.4, -0.2) is 10.2 Å². The van der Waals surface area contributed by atoms with Crippen LogP contribution >= 0.6 is 0 Å². The summed E-state index contributed by atoms with van der Waals surface area (Å²) in [7, 11) is 0. The van der Waals surface area contributed by atoms with Gasteiger partial charge in [0.25, 0.3) is 0 Å². The van der Waals surface area contributed by atoms with E-state index in [1.165, 1.54) is 109 Å². The van der Waals surface area contributed by atoms with E-state index in [2.05, 4.69) is 6.92 Å². The van der Waals surface area contributed by atoms with E-state index in [1.54, 1.807) is 6.07 Å². The molecular formula is C27H48O2. The lowest BCUT2D eigenvalue weighted by atomic mass is 9.99. The van der Waals surface area contributed by atoms with Gasteiger partial charge in [0.15, 0.2) is 0 Å². The molecule has 0 saturated carbocycles. The first-order valence-corrected chi connectivity index (χ1v) is 12.7. The highest BCUT2D eigenvalue weighted by atomic mass is 16.3. The lowest BCUT2D eigenvalue weighted by molar-refractivity contribution is 0.274. The van der Waals surface area contributed by atoms with Crippen molar-refractivity contribution in [3.63, 3.8) is 0 Å². The van der Waals surface area contributed by atoms with Crippen LogP contribution in [0, 0.1) is 0 Å². The number of aliphatic hydroxyl groups is 1. The van der Waals surface area contributed by atoms with Gasteiger partial charge in [0.05, 0.1) is 6.61 Å². The molecule has 2 nitrogen and oxygen atoms in total. The molecule has 29 heavy (non-hydrogen) atoms. The van der Waals surface area contributed by atoms with Crippen molar-refractivity contribution in [2.45, 2.75) is 136 Å². The first-order chi connectivity index (χ1) is 14.3. The number of aliphatic hydroxyl groups excluding tert-OH is 1. The lowest BCUT2D eigenvalue weighted by Crippen LogP contribution is -1.95. The van der Waals surface area contributed by atoms with Crippen molar-refractivity contribution < 1.29 is 10.2 Å². The van der Waals surface area contributed by atoms with Gasteiger partial charge in [0.1, 0.15) is 5.75 Å². The molecule has 2 heteroatoms. The van der Waals surface area contributed by atoms with Gasteiger partial charge in [-0.1, -0.05) is 128 Å². The molecule has 1 aromatic rings. The van der Waals surface area contributed by atoms with Gasteiger partial charge < -0.3 is 10.2 Å². The van der Waals surface area contributed by atoms with Gasteiger partial charge in [-0.05, 0) is 24.5 Å². The summed E-state index contributed by atoms with van der Waals surface area (Å²) in [6.45, 7) is 2.22. The van der Waals surface area contributed by atoms with E-state index in [0.29, 0.717) is 5.56 Å². The van der Waals surface area contributed by atoms with Crippen molar-refractivity contribution in [2.24, 2.45) is 0 Å². The highest BCUT2D eigenvalue weighted by molar-refractivity contribution is 5.38. The van der Waals surface area contributed by atoms with Gasteiger partial charge >= 0.3 is 0 Å². The molecule has 0 aliphatic heterocycles. The number of aromatic hydroxyl groups is 1. The van der Waals surface area contributed by atoms with E-state index in [0.717, 1.165) is 18.4 Å². The predicted molar refractivity (Wildman–Crippen MR) is 127 cm³/mol. The minimum absolute atomic E-state index is 0.0684. The first-order valence-electron chi connectivity index (χ1n) is 12.7. The Hall–Kier alpha value is -1.02. The van der Waals surface area contributed by atoms with Crippen molar-refractivity contribution in [3.8, 4) is 5.75 Å². The summed E-state index contributed by atoms with van der Waals surface area (Å²) in [5, 5.41) is 19.2. The van der Waals surface area contributed by atoms with Crippen molar-refractivity contribution in [2.75, 3.05) is 0 Å². The Bertz CT molecular complexity index is 483. The van der Waals surface area contributed by atoms with Gasteiger partial charge in [0.2, 0.25) is 0 Å². The van der Waals surface area contributed by atoms with Crippen molar-refractivity contribution in [1.29, 1.82) is 0 Å². The van der Waals surface area contributed by atoms with Crippen LogP contribution in [0.15, 0.2) is 18.2 Å². The van der Waals surface area contributed by atoms with E-state index in [4.69, 9.17) is 0 Å². The van der Waals surface area contributed by atoms with Crippen LogP contribution in [0.25, 0.3) is 0 Å². The van der Waals surface area contributed by atoms with Crippen LogP contribution in [0.4, 0.5) is 0 Å². The molecule has 0 unspecified atom stereocenters. The quantitative estimate of drug-likeness (QED) is 0.214. The fourth-order valence-electron chi connectivity index (χ4n) is 4.25. The van der Waals surface area contributed by atoms with Crippen molar-refractivity contribution in [1.82, 2.24) is 0 Å². The van der Waals surface area contributed by atoms with E-state index in [-0.39, 0.29) is 12.4 Å². The molecule has 0 saturated heterocycles. The number of aryl methyl sites for hydroxylation is 1. The fourth-order valence-corrected chi connectivity index (χ4v) is 4.25. The minimum Gasteiger partial charge on any atom is -0.508 e. The number of rotatable bonds is 20. The van der Waals surface area contributed by atoms with Gasteiger partial charge in [-0.25, -0.2) is 0 Å². The van der Waals surface area contributed by atoms with Crippen LogP contribution in [-0.2, 0) is 13.0 Å². The second kappa shape index (κ2) is 19.0. The molecule has 0 heterocycles. The number of benzene rings is 1. The maximum atomic E-state index is 9.78. The molecule has 1 rings (SSSR count). The Labute approximate surface area is 181 Å². The highest BCUT2D eigenvalue weighted by Gasteiger charge is 2.06. The van der Waals surface area contributed by atoms with Gasteiger partial charge in [-0.2, -0.15) is 0 Å². The Balaban J connectivity index is 1.81. The lowest BCUT2D eigenvalue weighted by Gasteiger charge is -2.09. The third-order valence-corrected chi connectivity index (χ3v) is 6.21. The molecule has 0 amide bonds. The average molecular weight is 405 g/mol.